The molecule has 0 aliphatic heterocycles. The van der Waals surface area contributed by atoms with Gasteiger partial charge in [-0.15, -0.1) is 0 Å². The molecule has 0 aromatic heterocycles. The first-order chi connectivity index (χ1) is 8.54. The lowest BCUT2D eigenvalue weighted by atomic mass is 9.98. The zero-order valence-electron chi connectivity index (χ0n) is 12.7. The van der Waals surface area contributed by atoms with Gasteiger partial charge in [0.25, 0.3) is 0 Å². The maximum atomic E-state index is 3.43. The van der Waals surface area contributed by atoms with Crippen LogP contribution in [0.5, 0.6) is 0 Å². The Morgan fingerprint density at radius 3 is 2.50 bits per heavy atom. The minimum absolute atomic E-state index is 0.605. The lowest BCUT2D eigenvalue weighted by Gasteiger charge is -2.26. The zero-order valence-corrected chi connectivity index (χ0v) is 12.7. The van der Waals surface area contributed by atoms with Crippen LogP contribution >= 0.6 is 0 Å². The molecule has 0 amide bonds. The van der Waals surface area contributed by atoms with E-state index in [0.717, 1.165) is 25.4 Å². The highest BCUT2D eigenvalue weighted by Crippen LogP contribution is 2.16. The zero-order chi connectivity index (χ0) is 13.5. The van der Waals surface area contributed by atoms with Crippen molar-refractivity contribution >= 4 is 0 Å². The summed E-state index contributed by atoms with van der Waals surface area (Å²) in [7, 11) is 0. The van der Waals surface area contributed by atoms with Crippen molar-refractivity contribution in [1.82, 2.24) is 4.90 Å². The predicted molar refractivity (Wildman–Crippen MR) is 79.7 cm³/mol. The summed E-state index contributed by atoms with van der Waals surface area (Å²) in [4.78, 5) is 2.50. The van der Waals surface area contributed by atoms with Crippen molar-refractivity contribution in [3.63, 3.8) is 0 Å². The molecule has 0 spiro atoms. The molecule has 0 aliphatic rings. The van der Waals surface area contributed by atoms with Crippen molar-refractivity contribution in [2.75, 3.05) is 6.54 Å². The summed E-state index contributed by atoms with van der Waals surface area (Å²) in [5.74, 6) is 0.763. The lowest BCUT2D eigenvalue weighted by Crippen LogP contribution is -2.30. The highest BCUT2D eigenvalue weighted by Gasteiger charge is 2.10. The van der Waals surface area contributed by atoms with E-state index in [0.29, 0.717) is 6.04 Å². The topological polar surface area (TPSA) is 3.24 Å². The molecule has 18 heavy (non-hydrogen) atoms. The van der Waals surface area contributed by atoms with Crippen LogP contribution in [0, 0.1) is 12.0 Å². The van der Waals surface area contributed by atoms with Gasteiger partial charge in [0.1, 0.15) is 0 Å². The minimum atomic E-state index is 0.605. The minimum Gasteiger partial charge on any atom is -0.297 e. The van der Waals surface area contributed by atoms with E-state index in [1.807, 2.05) is 6.07 Å². The second-order valence-corrected chi connectivity index (χ2v) is 5.76. The lowest BCUT2D eigenvalue weighted by molar-refractivity contribution is 0.224. The SMILES string of the molecule is CCN(Cc1ccc[c]c1CCC(C)C)C(C)C. The van der Waals surface area contributed by atoms with E-state index in [9.17, 15) is 0 Å². The maximum Gasteiger partial charge on any atom is 0.0239 e. The van der Waals surface area contributed by atoms with Crippen LogP contribution in [0.3, 0.4) is 0 Å². The molecule has 0 atom stereocenters. The van der Waals surface area contributed by atoms with E-state index in [1.54, 1.807) is 0 Å². The third-order valence-corrected chi connectivity index (χ3v) is 3.52. The Labute approximate surface area is 113 Å². The molecule has 0 aliphatic carbocycles. The maximum absolute atomic E-state index is 3.43. The summed E-state index contributed by atoms with van der Waals surface area (Å²) < 4.78 is 0. The van der Waals surface area contributed by atoms with Crippen LogP contribution in [0.4, 0.5) is 0 Å². The summed E-state index contributed by atoms with van der Waals surface area (Å²) in [5.41, 5.74) is 2.86. The first-order valence-electron chi connectivity index (χ1n) is 7.27. The smallest absolute Gasteiger partial charge is 0.0239 e. The molecule has 0 heterocycles. The summed E-state index contributed by atoms with van der Waals surface area (Å²) in [6.07, 6.45) is 2.41. The Kier molecular flexibility index (Phi) is 6.42. The van der Waals surface area contributed by atoms with Crippen LogP contribution in [0.15, 0.2) is 18.2 Å². The molecule has 0 unspecified atom stereocenters. The summed E-state index contributed by atoms with van der Waals surface area (Å²) in [6, 6.07) is 10.5. The molecule has 0 bridgehead atoms. The van der Waals surface area contributed by atoms with Gasteiger partial charge in [-0.25, -0.2) is 0 Å². The molecule has 1 nitrogen and oxygen atoms in total. The van der Waals surface area contributed by atoms with Gasteiger partial charge >= 0.3 is 0 Å². The standard InChI is InChI=1S/C17H28N/c1-6-18(15(4)5)13-17-10-8-7-9-16(17)12-11-14(2)3/h7-8,10,14-15H,6,11-13H2,1-5H3. The largest absolute Gasteiger partial charge is 0.297 e. The number of aryl methyl sites for hydroxylation is 1. The highest BCUT2D eigenvalue weighted by molar-refractivity contribution is 5.26. The van der Waals surface area contributed by atoms with Crippen molar-refractivity contribution in [2.24, 2.45) is 5.92 Å². The van der Waals surface area contributed by atoms with Gasteiger partial charge in [-0.3, -0.25) is 4.90 Å². The molecule has 0 saturated carbocycles. The van der Waals surface area contributed by atoms with E-state index in [1.165, 1.54) is 17.5 Å². The van der Waals surface area contributed by atoms with Gasteiger partial charge in [-0.2, -0.15) is 0 Å². The molecule has 101 valence electrons. The van der Waals surface area contributed by atoms with Crippen molar-refractivity contribution < 1.29 is 0 Å². The average molecular weight is 246 g/mol. The summed E-state index contributed by atoms with van der Waals surface area (Å²) in [6.45, 7) is 13.5. The Balaban J connectivity index is 2.74. The van der Waals surface area contributed by atoms with E-state index >= 15 is 0 Å². The molecular weight excluding hydrogens is 218 g/mol. The van der Waals surface area contributed by atoms with Crippen molar-refractivity contribution in [3.05, 3.63) is 35.4 Å². The first kappa shape index (κ1) is 15.2. The highest BCUT2D eigenvalue weighted by atomic mass is 15.1. The Bertz CT molecular complexity index is 341. The van der Waals surface area contributed by atoms with Gasteiger partial charge in [0.15, 0.2) is 0 Å². The van der Waals surface area contributed by atoms with Gasteiger partial charge in [0, 0.05) is 12.6 Å². The van der Waals surface area contributed by atoms with E-state index < -0.39 is 0 Å². The van der Waals surface area contributed by atoms with E-state index in [2.05, 4.69) is 57.7 Å². The third kappa shape index (κ3) is 4.81. The fraction of sp³-hybridized carbons (Fsp3) is 0.647. The normalized spacial score (nSPS) is 11.8. The van der Waals surface area contributed by atoms with Crippen LogP contribution in [-0.2, 0) is 13.0 Å². The van der Waals surface area contributed by atoms with Crippen molar-refractivity contribution in [1.29, 1.82) is 0 Å². The van der Waals surface area contributed by atoms with E-state index in [-0.39, 0.29) is 0 Å². The fourth-order valence-electron chi connectivity index (χ4n) is 2.20. The van der Waals surface area contributed by atoms with E-state index in [4.69, 9.17) is 0 Å². The second kappa shape index (κ2) is 7.58. The fourth-order valence-corrected chi connectivity index (χ4v) is 2.20. The molecule has 1 heteroatoms. The number of hydrogen-bond donors (Lipinski definition) is 0. The molecule has 0 N–H and O–H groups in total. The molecule has 1 aromatic carbocycles. The third-order valence-electron chi connectivity index (χ3n) is 3.52. The van der Waals surface area contributed by atoms with Crippen LogP contribution in [0.1, 0.15) is 52.2 Å². The Morgan fingerprint density at radius 1 is 1.22 bits per heavy atom. The van der Waals surface area contributed by atoms with Crippen LogP contribution in [-0.4, -0.2) is 17.5 Å². The van der Waals surface area contributed by atoms with Crippen LogP contribution in [0.25, 0.3) is 0 Å². The summed E-state index contributed by atoms with van der Waals surface area (Å²) in [5, 5.41) is 0. The second-order valence-electron chi connectivity index (χ2n) is 5.76. The van der Waals surface area contributed by atoms with Crippen molar-refractivity contribution in [3.8, 4) is 0 Å². The monoisotopic (exact) mass is 246 g/mol. The Morgan fingerprint density at radius 2 is 1.94 bits per heavy atom. The number of hydrogen-bond acceptors (Lipinski definition) is 1. The summed E-state index contributed by atoms with van der Waals surface area (Å²) >= 11 is 0. The molecule has 1 rings (SSSR count). The molecule has 1 aromatic rings. The van der Waals surface area contributed by atoms with Gasteiger partial charge in [-0.05, 0) is 56.3 Å². The molecular formula is C17H28N. The van der Waals surface area contributed by atoms with Gasteiger partial charge < -0.3 is 0 Å². The average Bonchev–Trinajstić information content (AvgIpc) is 2.34. The molecule has 1 radical (unpaired) electrons. The predicted octanol–water partition coefficient (Wildman–Crippen LogP) is 4.31. The van der Waals surface area contributed by atoms with Gasteiger partial charge in [0.2, 0.25) is 0 Å². The number of benzene rings is 1. The quantitative estimate of drug-likeness (QED) is 0.693. The number of nitrogens with zero attached hydrogens (tertiary/aromatic N) is 1. The van der Waals surface area contributed by atoms with Crippen LogP contribution in [0.2, 0.25) is 0 Å². The van der Waals surface area contributed by atoms with Crippen LogP contribution < -0.4 is 0 Å². The first-order valence-corrected chi connectivity index (χ1v) is 7.27. The van der Waals surface area contributed by atoms with Gasteiger partial charge in [-0.1, -0.05) is 39.0 Å². The van der Waals surface area contributed by atoms with Crippen molar-refractivity contribution in [2.45, 2.75) is 60.0 Å². The molecule has 0 fully saturated rings. The van der Waals surface area contributed by atoms with Gasteiger partial charge in [0.05, 0.1) is 0 Å². The molecule has 0 saturated heterocycles. The number of rotatable bonds is 7. The Hall–Kier alpha value is -0.820.